The summed E-state index contributed by atoms with van der Waals surface area (Å²) in [5.74, 6) is 0.346. The summed E-state index contributed by atoms with van der Waals surface area (Å²) in [6.45, 7) is 0.383. The Balaban J connectivity index is 1.92. The number of amides is 1. The van der Waals surface area contributed by atoms with Crippen LogP contribution in [0.1, 0.15) is 11.1 Å². The number of rotatable bonds is 6. The first-order valence-electron chi connectivity index (χ1n) is 8.42. The van der Waals surface area contributed by atoms with Gasteiger partial charge in [-0.1, -0.05) is 42.5 Å². The Labute approximate surface area is 176 Å². The van der Waals surface area contributed by atoms with Crippen molar-refractivity contribution in [2.75, 3.05) is 7.11 Å². The number of nitrogens with two attached hydrogens (primary N) is 1. The van der Waals surface area contributed by atoms with Crippen molar-refractivity contribution in [1.82, 2.24) is 0 Å². The maximum Gasteiger partial charge on any atom is 0.259 e. The third-order valence-corrected chi connectivity index (χ3v) is 5.00. The van der Waals surface area contributed by atoms with Crippen LogP contribution in [-0.4, -0.2) is 13.0 Å². The first-order valence-corrected chi connectivity index (χ1v) is 9.50. The molecule has 5 nitrogen and oxygen atoms in total. The van der Waals surface area contributed by atoms with Crippen LogP contribution in [0.4, 0.5) is 0 Å². The molecule has 0 aromatic heterocycles. The largest absolute Gasteiger partial charge is 0.493 e. The number of nitrogens with zero attached hydrogens (tertiary/aromatic N) is 1. The lowest BCUT2D eigenvalue weighted by Crippen LogP contribution is -2.12. The molecule has 2 N–H and O–H groups in total. The minimum absolute atomic E-state index is 0.123. The summed E-state index contributed by atoms with van der Waals surface area (Å²) in [5, 5.41) is 11.3. The highest BCUT2D eigenvalue weighted by molar-refractivity contribution is 14.1. The Morgan fingerprint density at radius 1 is 1.21 bits per heavy atom. The van der Waals surface area contributed by atoms with E-state index in [1.165, 1.54) is 6.08 Å². The highest BCUT2D eigenvalue weighted by Crippen LogP contribution is 2.35. The average molecular weight is 484 g/mol. The van der Waals surface area contributed by atoms with E-state index in [1.807, 2.05) is 30.3 Å². The lowest BCUT2D eigenvalue weighted by molar-refractivity contribution is -0.114. The molecule has 0 saturated heterocycles. The number of methoxy groups -OCH3 is 1. The molecule has 0 aliphatic rings. The molecule has 0 unspecified atom stereocenters. The van der Waals surface area contributed by atoms with Crippen LogP contribution in [0.5, 0.6) is 11.5 Å². The predicted molar refractivity (Wildman–Crippen MR) is 117 cm³/mol. The molecule has 0 aliphatic heterocycles. The fraction of sp³-hybridized carbons (Fsp3) is 0.0909. The predicted octanol–water partition coefficient (Wildman–Crippen LogP) is 4.42. The van der Waals surface area contributed by atoms with Crippen molar-refractivity contribution in [1.29, 1.82) is 5.26 Å². The van der Waals surface area contributed by atoms with Crippen LogP contribution in [0.15, 0.2) is 60.2 Å². The minimum atomic E-state index is -0.771. The van der Waals surface area contributed by atoms with Gasteiger partial charge in [0.15, 0.2) is 11.5 Å². The van der Waals surface area contributed by atoms with Crippen molar-refractivity contribution in [3.63, 3.8) is 0 Å². The van der Waals surface area contributed by atoms with Gasteiger partial charge in [-0.15, -0.1) is 0 Å². The van der Waals surface area contributed by atoms with Crippen molar-refractivity contribution in [2.24, 2.45) is 5.73 Å². The SMILES string of the molecule is COc1cc(C=C(C#N)C(N)=O)cc(I)c1OCc1cccc2ccccc12. The highest BCUT2D eigenvalue weighted by atomic mass is 127. The summed E-state index contributed by atoms with van der Waals surface area (Å²) < 4.78 is 12.3. The van der Waals surface area contributed by atoms with Gasteiger partial charge < -0.3 is 15.2 Å². The zero-order valence-electron chi connectivity index (χ0n) is 15.1. The van der Waals surface area contributed by atoms with E-state index in [-0.39, 0.29) is 5.57 Å². The van der Waals surface area contributed by atoms with Crippen molar-refractivity contribution in [2.45, 2.75) is 6.61 Å². The fourth-order valence-corrected chi connectivity index (χ4v) is 3.64. The van der Waals surface area contributed by atoms with Gasteiger partial charge in [-0.05, 0) is 62.7 Å². The molecule has 3 aromatic rings. The Morgan fingerprint density at radius 2 is 1.96 bits per heavy atom. The Hall–Kier alpha value is -3.05. The second-order valence-electron chi connectivity index (χ2n) is 6.00. The van der Waals surface area contributed by atoms with Gasteiger partial charge in [-0.25, -0.2) is 0 Å². The van der Waals surface area contributed by atoms with Crippen molar-refractivity contribution in [3.05, 3.63) is 74.9 Å². The van der Waals surface area contributed by atoms with Crippen molar-refractivity contribution in [3.8, 4) is 17.6 Å². The van der Waals surface area contributed by atoms with E-state index in [0.717, 1.165) is 19.9 Å². The van der Waals surface area contributed by atoms with E-state index in [0.29, 0.717) is 23.7 Å². The lowest BCUT2D eigenvalue weighted by Gasteiger charge is -2.15. The molecule has 6 heteroatoms. The van der Waals surface area contributed by atoms with Gasteiger partial charge in [0.2, 0.25) is 0 Å². The molecule has 0 spiro atoms. The summed E-state index contributed by atoms with van der Waals surface area (Å²) in [7, 11) is 1.54. The molecular weight excluding hydrogens is 467 g/mol. The van der Waals surface area contributed by atoms with Gasteiger partial charge in [0.25, 0.3) is 5.91 Å². The molecule has 0 heterocycles. The number of hydrogen-bond donors (Lipinski definition) is 1. The highest BCUT2D eigenvalue weighted by Gasteiger charge is 2.13. The van der Waals surface area contributed by atoms with Gasteiger partial charge in [0, 0.05) is 0 Å². The Bertz CT molecular complexity index is 1110. The molecule has 28 heavy (non-hydrogen) atoms. The second-order valence-corrected chi connectivity index (χ2v) is 7.16. The molecule has 0 atom stereocenters. The van der Waals surface area contributed by atoms with Crippen LogP contribution < -0.4 is 15.2 Å². The second kappa shape index (κ2) is 8.76. The summed E-state index contributed by atoms with van der Waals surface area (Å²) in [5.41, 5.74) is 6.78. The summed E-state index contributed by atoms with van der Waals surface area (Å²) in [4.78, 5) is 11.3. The van der Waals surface area contributed by atoms with E-state index >= 15 is 0 Å². The number of halogens is 1. The van der Waals surface area contributed by atoms with Crippen LogP contribution in [0.25, 0.3) is 16.8 Å². The number of nitriles is 1. The molecule has 3 aromatic carbocycles. The number of fused-ring (bicyclic) bond motifs is 1. The number of hydrogen-bond acceptors (Lipinski definition) is 4. The zero-order chi connectivity index (χ0) is 20.1. The molecule has 140 valence electrons. The number of primary amides is 1. The number of ether oxygens (including phenoxy) is 2. The Kier molecular flexibility index (Phi) is 6.16. The maximum absolute atomic E-state index is 11.3. The molecule has 0 bridgehead atoms. The van der Waals surface area contributed by atoms with Crippen molar-refractivity contribution < 1.29 is 14.3 Å². The third kappa shape index (κ3) is 4.26. The van der Waals surface area contributed by atoms with Crippen LogP contribution in [0.3, 0.4) is 0 Å². The normalized spacial score (nSPS) is 11.1. The van der Waals surface area contributed by atoms with Crippen molar-refractivity contribution >= 4 is 45.3 Å². The van der Waals surface area contributed by atoms with Gasteiger partial charge in [0.1, 0.15) is 18.2 Å². The number of carbonyl (C=O) groups is 1. The van der Waals surface area contributed by atoms with E-state index in [1.54, 1.807) is 19.2 Å². The van der Waals surface area contributed by atoms with Crippen LogP contribution in [0.2, 0.25) is 0 Å². The lowest BCUT2D eigenvalue weighted by atomic mass is 10.1. The van der Waals surface area contributed by atoms with Gasteiger partial charge >= 0.3 is 0 Å². The topological polar surface area (TPSA) is 85.3 Å². The van der Waals surface area contributed by atoms with Gasteiger partial charge in [-0.3, -0.25) is 4.79 Å². The zero-order valence-corrected chi connectivity index (χ0v) is 17.3. The van der Waals surface area contributed by atoms with E-state index < -0.39 is 5.91 Å². The monoisotopic (exact) mass is 484 g/mol. The van der Waals surface area contributed by atoms with E-state index in [9.17, 15) is 4.79 Å². The standard InChI is InChI=1S/C22H17IN2O3/c1-27-20-11-14(9-17(12-24)22(25)26)10-19(23)21(20)28-13-16-7-4-6-15-5-2-3-8-18(15)16/h2-11H,13H2,1H3,(H2,25,26). The van der Waals surface area contributed by atoms with Crippen LogP contribution in [0, 0.1) is 14.9 Å². The van der Waals surface area contributed by atoms with Crippen LogP contribution >= 0.6 is 22.6 Å². The molecule has 0 fully saturated rings. The summed E-state index contributed by atoms with van der Waals surface area (Å²) in [6, 6.07) is 19.6. The number of benzene rings is 3. The molecule has 0 saturated carbocycles. The molecule has 0 radical (unpaired) electrons. The molecular formula is C22H17IN2O3. The van der Waals surface area contributed by atoms with Crippen LogP contribution in [-0.2, 0) is 11.4 Å². The van der Waals surface area contributed by atoms with E-state index in [2.05, 4.69) is 40.8 Å². The quantitative estimate of drug-likeness (QED) is 0.319. The third-order valence-electron chi connectivity index (χ3n) is 4.20. The summed E-state index contributed by atoms with van der Waals surface area (Å²) >= 11 is 2.14. The maximum atomic E-state index is 11.3. The Morgan fingerprint density at radius 3 is 2.68 bits per heavy atom. The molecule has 3 rings (SSSR count). The first kappa shape index (κ1) is 19.7. The minimum Gasteiger partial charge on any atom is -0.493 e. The average Bonchev–Trinajstić information content (AvgIpc) is 2.70. The smallest absolute Gasteiger partial charge is 0.259 e. The molecule has 0 aliphatic carbocycles. The number of carbonyl (C=O) groups excluding carboxylic acids is 1. The molecule has 1 amide bonds. The van der Waals surface area contributed by atoms with Gasteiger partial charge in [0.05, 0.1) is 10.7 Å². The first-order chi connectivity index (χ1) is 13.5. The van der Waals surface area contributed by atoms with E-state index in [4.69, 9.17) is 20.5 Å². The fourth-order valence-electron chi connectivity index (χ4n) is 2.86. The summed E-state index contributed by atoms with van der Waals surface area (Å²) in [6.07, 6.45) is 1.43. The van der Waals surface area contributed by atoms with Gasteiger partial charge in [-0.2, -0.15) is 5.26 Å².